The van der Waals surface area contributed by atoms with Crippen molar-refractivity contribution in [2.45, 2.75) is 46.8 Å². The average molecular weight is 538 g/mol. The normalized spacial score (nSPS) is 18.2. The molecule has 0 fully saturated rings. The molecule has 0 bridgehead atoms. The molecule has 0 saturated heterocycles. The number of benzene rings is 2. The Kier molecular flexibility index (Phi) is 6.37. The van der Waals surface area contributed by atoms with Crippen LogP contribution in [0.2, 0.25) is 0 Å². The monoisotopic (exact) mass is 536 g/mol. The van der Waals surface area contributed by atoms with E-state index in [1.165, 1.54) is 33.4 Å². The molecular weight excluding hydrogens is 508 g/mol. The molecule has 6 rings (SSSR count). The van der Waals surface area contributed by atoms with E-state index in [0.717, 1.165) is 48.7 Å². The second kappa shape index (κ2) is 9.78. The first-order valence-corrected chi connectivity index (χ1v) is 15.6. The molecule has 0 saturated carbocycles. The second-order valence-corrected chi connectivity index (χ2v) is 13.2. The Morgan fingerprint density at radius 3 is 1.51 bits per heavy atom. The van der Waals surface area contributed by atoms with E-state index >= 15 is 0 Å². The molecule has 2 aromatic heterocycles. The van der Waals surface area contributed by atoms with Crippen LogP contribution < -0.4 is 0 Å². The van der Waals surface area contributed by atoms with Gasteiger partial charge in [0, 0.05) is 0 Å². The van der Waals surface area contributed by atoms with Crippen LogP contribution in [0.25, 0.3) is 23.3 Å². The summed E-state index contributed by atoms with van der Waals surface area (Å²) in [4.78, 5) is 0. The molecule has 0 radical (unpaired) electrons. The standard InChI is InChI=1S/2C16H15O.Zr/c2*1-2-5-15-8-9-16(17-15)14-10-12-6-3-4-7-13(12)11-14;/h2*3-4,6-11H,2,5H2,1H3;. The van der Waals surface area contributed by atoms with E-state index in [2.05, 4.69) is 98.8 Å². The van der Waals surface area contributed by atoms with E-state index in [0.29, 0.717) is 7.25 Å². The van der Waals surface area contributed by atoms with E-state index in [-0.39, 0.29) is 0 Å². The Morgan fingerprint density at radius 1 is 0.600 bits per heavy atom. The number of hydrogen-bond acceptors (Lipinski definition) is 2. The van der Waals surface area contributed by atoms with Crippen molar-refractivity contribution in [3.63, 3.8) is 0 Å². The van der Waals surface area contributed by atoms with E-state index < -0.39 is 23.2 Å². The van der Waals surface area contributed by atoms with Crippen LogP contribution in [-0.2, 0) is 36.1 Å². The summed E-state index contributed by atoms with van der Waals surface area (Å²) in [7, 11) is 0. The van der Waals surface area contributed by atoms with Crippen molar-refractivity contribution in [3.8, 4) is 0 Å². The first-order valence-electron chi connectivity index (χ1n) is 12.8. The molecule has 2 unspecified atom stereocenters. The zero-order valence-corrected chi connectivity index (χ0v) is 22.8. The van der Waals surface area contributed by atoms with E-state index in [1.54, 1.807) is 0 Å². The van der Waals surface area contributed by atoms with Gasteiger partial charge in [-0.25, -0.2) is 0 Å². The van der Waals surface area contributed by atoms with Gasteiger partial charge in [-0.3, -0.25) is 0 Å². The van der Waals surface area contributed by atoms with Crippen molar-refractivity contribution in [2.24, 2.45) is 0 Å². The summed E-state index contributed by atoms with van der Waals surface area (Å²) in [5.41, 5.74) is 8.38. The molecular formula is C32H30O2Zr. The van der Waals surface area contributed by atoms with Gasteiger partial charge >= 0.3 is 220 Å². The molecule has 2 aliphatic rings. The minimum absolute atomic E-state index is 0.444. The molecule has 0 aliphatic heterocycles. The van der Waals surface area contributed by atoms with Gasteiger partial charge in [0.2, 0.25) is 0 Å². The fraction of sp³-hybridized carbons (Fsp3) is 0.250. The third-order valence-corrected chi connectivity index (χ3v) is 11.8. The van der Waals surface area contributed by atoms with Gasteiger partial charge in [0.05, 0.1) is 0 Å². The summed E-state index contributed by atoms with van der Waals surface area (Å²) in [6, 6.07) is 26.6. The average Bonchev–Trinajstić information content (AvgIpc) is 3.66. The van der Waals surface area contributed by atoms with Gasteiger partial charge in [0.15, 0.2) is 0 Å². The molecule has 2 aromatic carbocycles. The van der Waals surface area contributed by atoms with Gasteiger partial charge in [-0.1, -0.05) is 0 Å². The molecule has 4 aromatic rings. The van der Waals surface area contributed by atoms with E-state index in [9.17, 15) is 0 Å². The summed E-state index contributed by atoms with van der Waals surface area (Å²) in [5.74, 6) is 4.29. The summed E-state index contributed by atoms with van der Waals surface area (Å²) in [5, 5.41) is 0. The van der Waals surface area contributed by atoms with Gasteiger partial charge in [-0.2, -0.15) is 0 Å². The molecule has 0 amide bonds. The topological polar surface area (TPSA) is 26.3 Å². The van der Waals surface area contributed by atoms with Crippen molar-refractivity contribution in [1.29, 1.82) is 0 Å². The first kappa shape index (κ1) is 22.8. The van der Waals surface area contributed by atoms with Crippen LogP contribution >= 0.6 is 0 Å². The number of hydrogen-bond donors (Lipinski definition) is 0. The van der Waals surface area contributed by atoms with Gasteiger partial charge in [0.25, 0.3) is 0 Å². The van der Waals surface area contributed by atoms with Crippen molar-refractivity contribution in [3.05, 3.63) is 118 Å². The minimum atomic E-state index is -1.07. The Hall–Kier alpha value is -2.64. The third kappa shape index (κ3) is 4.29. The number of fused-ring (bicyclic) bond motifs is 2. The molecule has 2 aliphatic carbocycles. The fourth-order valence-electron chi connectivity index (χ4n) is 5.43. The van der Waals surface area contributed by atoms with Crippen molar-refractivity contribution < 1.29 is 32.1 Å². The Labute approximate surface area is 219 Å². The molecule has 0 spiro atoms. The van der Waals surface area contributed by atoms with E-state index in [1.807, 2.05) is 0 Å². The van der Waals surface area contributed by atoms with Crippen LogP contribution in [0.5, 0.6) is 0 Å². The fourth-order valence-corrected chi connectivity index (χ4v) is 10.4. The molecule has 2 heterocycles. The number of rotatable bonds is 8. The van der Waals surface area contributed by atoms with Gasteiger partial charge in [0.1, 0.15) is 0 Å². The first-order chi connectivity index (χ1) is 17.2. The third-order valence-electron chi connectivity index (χ3n) is 7.08. The predicted molar refractivity (Wildman–Crippen MR) is 140 cm³/mol. The Balaban J connectivity index is 1.39. The summed E-state index contributed by atoms with van der Waals surface area (Å²) in [6.07, 6.45) is 8.95. The van der Waals surface area contributed by atoms with Crippen LogP contribution in [-0.4, -0.2) is 0 Å². The summed E-state index contributed by atoms with van der Waals surface area (Å²) in [6.45, 7) is 4.41. The SMILES string of the molecule is CCCc1ccc(C2=Cc3ccccc3[CH]2[Zr][CH]2C(c3ccc(CCC)o3)=Cc3ccccc32)o1. The van der Waals surface area contributed by atoms with Crippen LogP contribution in [0, 0.1) is 0 Å². The van der Waals surface area contributed by atoms with Crippen molar-refractivity contribution >= 4 is 23.3 Å². The van der Waals surface area contributed by atoms with Crippen molar-refractivity contribution in [2.75, 3.05) is 0 Å². The quantitative estimate of drug-likeness (QED) is 0.225. The zero-order valence-electron chi connectivity index (χ0n) is 20.4. The number of furan rings is 2. The van der Waals surface area contributed by atoms with Gasteiger partial charge in [-0.05, 0) is 0 Å². The molecule has 35 heavy (non-hydrogen) atoms. The zero-order chi connectivity index (χ0) is 23.8. The molecule has 2 nitrogen and oxygen atoms in total. The predicted octanol–water partition coefficient (Wildman–Crippen LogP) is 8.75. The maximum absolute atomic E-state index is 6.37. The van der Waals surface area contributed by atoms with Gasteiger partial charge < -0.3 is 0 Å². The molecule has 174 valence electrons. The molecule has 2 atom stereocenters. The molecule has 0 N–H and O–H groups in total. The second-order valence-electron chi connectivity index (χ2n) is 9.52. The maximum atomic E-state index is 6.37. The van der Waals surface area contributed by atoms with Crippen LogP contribution in [0.3, 0.4) is 0 Å². The van der Waals surface area contributed by atoms with Crippen molar-refractivity contribution in [1.82, 2.24) is 0 Å². The molecule has 3 heteroatoms. The Bertz CT molecular complexity index is 1310. The van der Waals surface area contributed by atoms with E-state index in [4.69, 9.17) is 8.83 Å². The number of aryl methyl sites for hydroxylation is 2. The number of allylic oxidation sites excluding steroid dienone is 2. The summed E-state index contributed by atoms with van der Waals surface area (Å²) < 4.78 is 13.6. The van der Waals surface area contributed by atoms with Crippen LogP contribution in [0.15, 0.2) is 81.6 Å². The van der Waals surface area contributed by atoms with Crippen LogP contribution in [0.4, 0.5) is 0 Å². The van der Waals surface area contributed by atoms with Gasteiger partial charge in [-0.15, -0.1) is 0 Å². The Morgan fingerprint density at radius 2 is 1.06 bits per heavy atom. The summed E-state index contributed by atoms with van der Waals surface area (Å²) >= 11 is -1.07. The van der Waals surface area contributed by atoms with Crippen LogP contribution in [0.1, 0.15) is 79.2 Å².